The van der Waals surface area contributed by atoms with Gasteiger partial charge in [0.05, 0.1) is 39.2 Å². The van der Waals surface area contributed by atoms with Crippen LogP contribution in [0.5, 0.6) is 0 Å². The summed E-state index contributed by atoms with van der Waals surface area (Å²) in [6.45, 7) is 0.294. The van der Waals surface area contributed by atoms with E-state index < -0.39 is 11.9 Å². The van der Waals surface area contributed by atoms with Gasteiger partial charge in [-0.1, -0.05) is 218 Å². The summed E-state index contributed by atoms with van der Waals surface area (Å²) >= 11 is 0. The van der Waals surface area contributed by atoms with Crippen molar-refractivity contribution in [3.63, 3.8) is 0 Å². The minimum Gasteiger partial charge on any atom is -0.457 e. The summed E-state index contributed by atoms with van der Waals surface area (Å²) in [7, 11) is 0. The van der Waals surface area contributed by atoms with Crippen LogP contribution in [0, 0.1) is 0 Å². The van der Waals surface area contributed by atoms with Crippen LogP contribution in [0.2, 0.25) is 0 Å². The molecule has 2 aliphatic heterocycles. The van der Waals surface area contributed by atoms with E-state index in [1.165, 1.54) is 27.8 Å². The number of nitrogens with zero attached hydrogens (tertiary/aromatic N) is 5. The van der Waals surface area contributed by atoms with Crippen LogP contribution in [-0.2, 0) is 22.7 Å². The summed E-state index contributed by atoms with van der Waals surface area (Å²) in [5.74, 6) is -0.348. The molecule has 454 valence electrons. The molecule has 9 nitrogen and oxygen atoms in total. The molecule has 0 aliphatic carbocycles. The first-order valence-corrected chi connectivity index (χ1v) is 32.3. The second-order valence-corrected chi connectivity index (χ2v) is 24.2. The van der Waals surface area contributed by atoms with Gasteiger partial charge in [-0.05, 0) is 153 Å². The van der Waals surface area contributed by atoms with Gasteiger partial charge in [-0.15, -0.1) is 0 Å². The topological polar surface area (TPSA) is 89.8 Å². The number of esters is 2. The summed E-state index contributed by atoms with van der Waals surface area (Å²) in [5, 5.41) is 1.52. The number of aromatic nitrogens is 3. The number of benzene rings is 13. The van der Waals surface area contributed by atoms with Crippen LogP contribution in [0.3, 0.4) is 0 Å². The lowest BCUT2D eigenvalue weighted by Gasteiger charge is -2.44. The minimum atomic E-state index is -0.459. The Hall–Kier alpha value is -12.7. The Morgan fingerprint density at radius 3 is 1.26 bits per heavy atom. The Morgan fingerprint density at radius 2 is 0.750 bits per heavy atom. The monoisotopic (exact) mass is 1240 g/mol. The fraction of sp³-hybridized carbons (Fsp3) is 0.0233. The maximum absolute atomic E-state index is 14.0. The molecule has 13 aromatic carbocycles. The first-order chi connectivity index (χ1) is 47.4. The lowest BCUT2D eigenvalue weighted by molar-refractivity contribution is 0.0464. The van der Waals surface area contributed by atoms with Crippen molar-refractivity contribution < 1.29 is 19.1 Å². The number of rotatable bonds is 14. The van der Waals surface area contributed by atoms with Gasteiger partial charge in [0, 0.05) is 67.2 Å². The van der Waals surface area contributed by atoms with Gasteiger partial charge in [0.25, 0.3) is 6.71 Å². The quantitative estimate of drug-likeness (QED) is 0.0786. The Morgan fingerprint density at radius 1 is 0.333 bits per heavy atom. The van der Waals surface area contributed by atoms with Crippen molar-refractivity contribution >= 4 is 91.0 Å². The fourth-order valence-corrected chi connectivity index (χ4v) is 14.0. The number of ether oxygens (including phenoxy) is 2. The number of hydrogen-bond donors (Lipinski definition) is 0. The molecule has 0 unspecified atom stereocenters. The van der Waals surface area contributed by atoms with Gasteiger partial charge >= 0.3 is 11.9 Å². The molecule has 0 N–H and O–H groups in total. The van der Waals surface area contributed by atoms with Crippen molar-refractivity contribution in [2.45, 2.75) is 13.2 Å². The van der Waals surface area contributed by atoms with E-state index in [0.717, 1.165) is 112 Å². The molecule has 0 bridgehead atoms. The molecule has 17 rings (SSSR count). The zero-order valence-electron chi connectivity index (χ0n) is 52.0. The van der Waals surface area contributed by atoms with Crippen LogP contribution in [-0.4, -0.2) is 33.2 Å². The molecule has 15 aromatic rings. The number of hydrogen-bond acceptors (Lipinski definition) is 8. The summed E-state index contributed by atoms with van der Waals surface area (Å²) in [6, 6.07) is 112. The second kappa shape index (κ2) is 24.4. The van der Waals surface area contributed by atoms with Gasteiger partial charge in [-0.3, -0.25) is 0 Å². The molecular weight excluding hydrogens is 1180 g/mol. The molecule has 4 heterocycles. The normalized spacial score (nSPS) is 12.1. The van der Waals surface area contributed by atoms with Crippen LogP contribution >= 0.6 is 0 Å². The highest BCUT2D eigenvalue weighted by Gasteiger charge is 2.43. The van der Waals surface area contributed by atoms with Crippen LogP contribution in [0.4, 0.5) is 34.1 Å². The van der Waals surface area contributed by atoms with Crippen molar-refractivity contribution in [1.82, 2.24) is 14.5 Å². The maximum atomic E-state index is 14.0. The van der Waals surface area contributed by atoms with Crippen LogP contribution in [0.1, 0.15) is 31.8 Å². The highest BCUT2D eigenvalue weighted by atomic mass is 16.5. The molecular formula is C86H58BN5O4. The summed E-state index contributed by atoms with van der Waals surface area (Å²) in [6.07, 6.45) is 0. The van der Waals surface area contributed by atoms with Gasteiger partial charge < -0.3 is 23.8 Å². The van der Waals surface area contributed by atoms with Gasteiger partial charge in [0.1, 0.15) is 13.2 Å². The zero-order valence-corrected chi connectivity index (χ0v) is 52.0. The first-order valence-electron chi connectivity index (χ1n) is 32.3. The minimum absolute atomic E-state index is 0.0514. The number of carbonyl (C=O) groups is 2. The van der Waals surface area contributed by atoms with Crippen molar-refractivity contribution in [2.24, 2.45) is 0 Å². The van der Waals surface area contributed by atoms with E-state index in [1.807, 2.05) is 133 Å². The highest BCUT2D eigenvalue weighted by molar-refractivity contribution is 7.00. The third kappa shape index (κ3) is 10.4. The lowest BCUT2D eigenvalue weighted by Crippen LogP contribution is -2.61. The fourth-order valence-electron chi connectivity index (χ4n) is 14.0. The van der Waals surface area contributed by atoms with E-state index in [1.54, 1.807) is 0 Å². The van der Waals surface area contributed by atoms with Crippen molar-refractivity contribution in [1.29, 1.82) is 0 Å². The van der Waals surface area contributed by atoms with Gasteiger partial charge in [-0.2, -0.15) is 0 Å². The average Bonchev–Trinajstić information content (AvgIpc) is 0.814. The van der Waals surface area contributed by atoms with Crippen LogP contribution in [0.25, 0.3) is 83.6 Å². The second-order valence-electron chi connectivity index (χ2n) is 24.2. The molecule has 96 heavy (non-hydrogen) atoms. The van der Waals surface area contributed by atoms with Gasteiger partial charge in [0.2, 0.25) is 0 Å². The Labute approximate surface area is 556 Å². The molecule has 2 aromatic heterocycles. The zero-order chi connectivity index (χ0) is 64.1. The van der Waals surface area contributed by atoms with E-state index in [-0.39, 0.29) is 19.9 Å². The number of carbonyl (C=O) groups excluding carboxylic acids is 2. The van der Waals surface area contributed by atoms with E-state index in [4.69, 9.17) is 19.4 Å². The summed E-state index contributed by atoms with van der Waals surface area (Å²) < 4.78 is 14.0. The van der Waals surface area contributed by atoms with E-state index in [2.05, 4.69) is 208 Å². The van der Waals surface area contributed by atoms with E-state index in [9.17, 15) is 9.59 Å². The first kappa shape index (κ1) is 57.3. The largest absolute Gasteiger partial charge is 0.457 e. The molecule has 0 spiro atoms. The summed E-state index contributed by atoms with van der Waals surface area (Å²) in [4.78, 5) is 43.5. The third-order valence-corrected chi connectivity index (χ3v) is 18.5. The summed E-state index contributed by atoms with van der Waals surface area (Å²) in [5.41, 5.74) is 24.1. The van der Waals surface area contributed by atoms with E-state index in [0.29, 0.717) is 17.0 Å². The van der Waals surface area contributed by atoms with Gasteiger partial charge in [-0.25, -0.2) is 19.6 Å². The average molecular weight is 1240 g/mol. The van der Waals surface area contributed by atoms with Crippen molar-refractivity contribution in [3.8, 4) is 61.8 Å². The molecule has 0 saturated heterocycles. The molecule has 0 radical (unpaired) electrons. The molecule has 0 fully saturated rings. The predicted molar refractivity (Wildman–Crippen MR) is 389 cm³/mol. The third-order valence-electron chi connectivity index (χ3n) is 18.5. The van der Waals surface area contributed by atoms with Gasteiger partial charge in [0.15, 0.2) is 5.82 Å². The van der Waals surface area contributed by atoms with Crippen molar-refractivity contribution in [2.75, 3.05) is 9.80 Å². The molecule has 2 aliphatic rings. The van der Waals surface area contributed by atoms with E-state index >= 15 is 0 Å². The molecule has 0 saturated carbocycles. The SMILES string of the molecule is O=C(OCc1ccccc1)c1ccc2c(c1)c1cc(C(=O)OCc3ccccc3)ccc1n2-c1ccc(-c2nc(-c3ccccc3)cc(-c3ccccc3)n2)cc1-c1ccc(-c2ccc(N3c4ccccc4B4c5ccccc5N(c5ccccc5)c5cccc3c54)cc2)cc1. The van der Waals surface area contributed by atoms with Crippen LogP contribution < -0.4 is 26.2 Å². The lowest BCUT2D eigenvalue weighted by atomic mass is 9.33. The number of fused-ring (bicyclic) bond motifs is 7. The Kier molecular flexibility index (Phi) is 14.6. The number of para-hydroxylation sites is 3. The smallest absolute Gasteiger partial charge is 0.338 e. The Bertz CT molecular complexity index is 5290. The molecule has 0 amide bonds. The Balaban J connectivity index is 0.784. The molecule has 10 heteroatoms. The number of anilines is 6. The molecule has 0 atom stereocenters. The standard InChI is InChI=1S/C86H58BN5O4/c93-85(95-55-57-21-6-1-7-22-57)65-44-49-77-70(52-65)71-53-66(86(94)96-56-58-23-8-2-9-24-58)45-50-78(71)92(77)76-48-43-64(84-88-74(62-25-10-3-11-26-62)54-75(89-84)63-27-12-4-13-28-63)51-69(76)61-39-37-59(38-40-61)60-41-46-68(47-42-60)91-80-34-19-17-32-73(80)87-72-31-16-18-33-79(72)90(67-29-14-5-15-30-67)81-35-20-36-82(91)83(81)87/h1-54H,55-56H2. The highest BCUT2D eigenvalue weighted by Crippen LogP contribution is 2.45. The van der Waals surface area contributed by atoms with Crippen molar-refractivity contribution in [3.05, 3.63) is 350 Å². The predicted octanol–water partition coefficient (Wildman–Crippen LogP) is 18.7. The van der Waals surface area contributed by atoms with Crippen LogP contribution in [0.15, 0.2) is 328 Å². The maximum Gasteiger partial charge on any atom is 0.338 e.